The SMILES string of the molecule is O=C(O)C1CCn2c(cnc2-c2ccccc2Br)C1. The van der Waals surface area contributed by atoms with Crippen LogP contribution in [0.2, 0.25) is 0 Å². The minimum absolute atomic E-state index is 0.281. The lowest BCUT2D eigenvalue weighted by molar-refractivity contribution is -0.142. The zero-order valence-electron chi connectivity index (χ0n) is 10.2. The van der Waals surface area contributed by atoms with Crippen molar-refractivity contribution < 1.29 is 9.90 Å². The molecule has 3 rings (SSSR count). The summed E-state index contributed by atoms with van der Waals surface area (Å²) >= 11 is 3.53. The number of rotatable bonds is 2. The molecule has 0 radical (unpaired) electrons. The number of aromatic nitrogens is 2. The number of hydrogen-bond acceptors (Lipinski definition) is 2. The molecule has 1 aromatic heterocycles. The van der Waals surface area contributed by atoms with Crippen molar-refractivity contribution >= 4 is 21.9 Å². The minimum atomic E-state index is -0.713. The van der Waals surface area contributed by atoms with E-state index in [2.05, 4.69) is 25.5 Å². The van der Waals surface area contributed by atoms with E-state index < -0.39 is 5.97 Å². The highest BCUT2D eigenvalue weighted by Gasteiger charge is 2.26. The number of hydrogen-bond donors (Lipinski definition) is 1. The normalized spacial score (nSPS) is 18.1. The highest BCUT2D eigenvalue weighted by molar-refractivity contribution is 9.10. The molecule has 1 aliphatic rings. The van der Waals surface area contributed by atoms with Crippen molar-refractivity contribution in [3.63, 3.8) is 0 Å². The van der Waals surface area contributed by atoms with Crippen molar-refractivity contribution in [2.75, 3.05) is 0 Å². The first-order valence-corrected chi connectivity index (χ1v) is 6.98. The Labute approximate surface area is 119 Å². The van der Waals surface area contributed by atoms with Crippen molar-refractivity contribution in [2.45, 2.75) is 19.4 Å². The standard InChI is InChI=1S/C14H13BrN2O2/c15-12-4-2-1-3-11(12)13-16-8-10-7-9(14(18)19)5-6-17(10)13/h1-4,8-9H,5-7H2,(H,18,19). The van der Waals surface area contributed by atoms with E-state index in [1.165, 1.54) is 0 Å². The van der Waals surface area contributed by atoms with Crippen molar-refractivity contribution in [1.82, 2.24) is 9.55 Å². The zero-order valence-corrected chi connectivity index (χ0v) is 11.8. The smallest absolute Gasteiger partial charge is 0.306 e. The Morgan fingerprint density at radius 2 is 2.21 bits per heavy atom. The minimum Gasteiger partial charge on any atom is -0.481 e. The van der Waals surface area contributed by atoms with Gasteiger partial charge in [0.2, 0.25) is 0 Å². The molecule has 0 aliphatic carbocycles. The summed E-state index contributed by atoms with van der Waals surface area (Å²) in [4.78, 5) is 15.5. The summed E-state index contributed by atoms with van der Waals surface area (Å²) in [6, 6.07) is 7.95. The van der Waals surface area contributed by atoms with E-state index in [1.54, 1.807) is 6.20 Å². The van der Waals surface area contributed by atoms with Crippen LogP contribution in [0, 0.1) is 5.92 Å². The monoisotopic (exact) mass is 320 g/mol. The van der Waals surface area contributed by atoms with E-state index in [1.807, 2.05) is 24.3 Å². The van der Waals surface area contributed by atoms with Gasteiger partial charge in [0.25, 0.3) is 0 Å². The van der Waals surface area contributed by atoms with Crippen LogP contribution in [0.5, 0.6) is 0 Å². The lowest BCUT2D eigenvalue weighted by atomic mass is 9.96. The Balaban J connectivity index is 2.00. The molecule has 0 bridgehead atoms. The van der Waals surface area contributed by atoms with Gasteiger partial charge in [-0.1, -0.05) is 34.1 Å². The summed E-state index contributed by atoms with van der Waals surface area (Å²) in [5, 5.41) is 9.09. The van der Waals surface area contributed by atoms with Crippen LogP contribution in [0.15, 0.2) is 34.9 Å². The molecular formula is C14H13BrN2O2. The first kappa shape index (κ1) is 12.4. The predicted molar refractivity (Wildman–Crippen MR) is 74.8 cm³/mol. The molecule has 0 spiro atoms. The van der Waals surface area contributed by atoms with Gasteiger partial charge in [0.15, 0.2) is 0 Å². The maximum atomic E-state index is 11.1. The molecule has 1 aromatic carbocycles. The van der Waals surface area contributed by atoms with Gasteiger partial charge in [-0.3, -0.25) is 4.79 Å². The van der Waals surface area contributed by atoms with Crippen LogP contribution >= 0.6 is 15.9 Å². The molecule has 2 aromatic rings. The van der Waals surface area contributed by atoms with Crippen LogP contribution in [0.25, 0.3) is 11.4 Å². The molecular weight excluding hydrogens is 308 g/mol. The Kier molecular flexibility index (Phi) is 3.14. The first-order chi connectivity index (χ1) is 9.16. The molecule has 4 nitrogen and oxygen atoms in total. The Morgan fingerprint density at radius 3 is 2.95 bits per heavy atom. The van der Waals surface area contributed by atoms with Gasteiger partial charge < -0.3 is 9.67 Å². The van der Waals surface area contributed by atoms with Gasteiger partial charge in [0.05, 0.1) is 5.92 Å². The van der Waals surface area contributed by atoms with Crippen molar-refractivity contribution in [3.8, 4) is 11.4 Å². The maximum absolute atomic E-state index is 11.1. The van der Waals surface area contributed by atoms with E-state index in [4.69, 9.17) is 5.11 Å². The van der Waals surface area contributed by atoms with Crippen LogP contribution < -0.4 is 0 Å². The van der Waals surface area contributed by atoms with E-state index in [9.17, 15) is 4.79 Å². The fourth-order valence-electron chi connectivity index (χ4n) is 2.53. The molecule has 0 saturated heterocycles. The van der Waals surface area contributed by atoms with Crippen LogP contribution in [-0.2, 0) is 17.8 Å². The number of benzene rings is 1. The summed E-state index contributed by atoms with van der Waals surface area (Å²) < 4.78 is 3.13. The van der Waals surface area contributed by atoms with Gasteiger partial charge in [0, 0.05) is 34.9 Å². The van der Waals surface area contributed by atoms with Crippen molar-refractivity contribution in [3.05, 3.63) is 40.6 Å². The molecule has 1 aliphatic heterocycles. The highest BCUT2D eigenvalue weighted by atomic mass is 79.9. The number of imidazole rings is 1. The van der Waals surface area contributed by atoms with Gasteiger partial charge in [-0.15, -0.1) is 0 Å². The second kappa shape index (κ2) is 4.81. The number of carbonyl (C=O) groups is 1. The molecule has 98 valence electrons. The largest absolute Gasteiger partial charge is 0.481 e. The van der Waals surface area contributed by atoms with Crippen molar-refractivity contribution in [1.29, 1.82) is 0 Å². The third-order valence-electron chi connectivity index (χ3n) is 3.56. The summed E-state index contributed by atoms with van der Waals surface area (Å²) in [7, 11) is 0. The number of carboxylic acids is 1. The Bertz CT molecular complexity index is 636. The molecule has 0 fully saturated rings. The first-order valence-electron chi connectivity index (χ1n) is 6.19. The van der Waals surface area contributed by atoms with Crippen LogP contribution in [-0.4, -0.2) is 20.6 Å². The summed E-state index contributed by atoms with van der Waals surface area (Å²) in [5.74, 6) is -0.0857. The molecule has 1 unspecified atom stereocenters. The third kappa shape index (κ3) is 2.18. The fraction of sp³-hybridized carbons (Fsp3) is 0.286. The van der Waals surface area contributed by atoms with Gasteiger partial charge in [-0.2, -0.15) is 0 Å². The summed E-state index contributed by atoms with van der Waals surface area (Å²) in [6.45, 7) is 0.711. The number of fused-ring (bicyclic) bond motifs is 1. The second-order valence-corrected chi connectivity index (χ2v) is 5.59. The van der Waals surface area contributed by atoms with Gasteiger partial charge in [0.1, 0.15) is 5.82 Å². The summed E-state index contributed by atoms with van der Waals surface area (Å²) in [5.41, 5.74) is 2.05. The highest BCUT2D eigenvalue weighted by Crippen LogP contribution is 2.31. The quantitative estimate of drug-likeness (QED) is 0.925. The maximum Gasteiger partial charge on any atom is 0.306 e. The molecule has 2 heterocycles. The van der Waals surface area contributed by atoms with E-state index in [0.717, 1.165) is 21.6 Å². The van der Waals surface area contributed by atoms with Crippen LogP contribution in [0.3, 0.4) is 0 Å². The van der Waals surface area contributed by atoms with E-state index in [-0.39, 0.29) is 5.92 Å². The van der Waals surface area contributed by atoms with E-state index in [0.29, 0.717) is 19.4 Å². The third-order valence-corrected chi connectivity index (χ3v) is 4.25. The topological polar surface area (TPSA) is 55.1 Å². The lowest BCUT2D eigenvalue weighted by Gasteiger charge is -2.22. The molecule has 1 atom stereocenters. The summed E-state index contributed by atoms with van der Waals surface area (Å²) in [6.07, 6.45) is 3.02. The number of carboxylic acid groups (broad SMARTS) is 1. The van der Waals surface area contributed by atoms with Crippen molar-refractivity contribution in [2.24, 2.45) is 5.92 Å². The second-order valence-electron chi connectivity index (χ2n) is 4.73. The molecule has 0 saturated carbocycles. The fourth-order valence-corrected chi connectivity index (χ4v) is 2.99. The number of halogens is 1. The lowest BCUT2D eigenvalue weighted by Crippen LogP contribution is -2.25. The molecule has 5 heteroatoms. The van der Waals surface area contributed by atoms with Crippen LogP contribution in [0.1, 0.15) is 12.1 Å². The van der Waals surface area contributed by atoms with Gasteiger partial charge in [-0.05, 0) is 12.5 Å². The number of aliphatic carboxylic acids is 1. The van der Waals surface area contributed by atoms with Crippen LogP contribution in [0.4, 0.5) is 0 Å². The van der Waals surface area contributed by atoms with Gasteiger partial charge >= 0.3 is 5.97 Å². The Hall–Kier alpha value is -1.62. The molecule has 1 N–H and O–H groups in total. The average molecular weight is 321 g/mol. The average Bonchev–Trinajstić information content (AvgIpc) is 2.82. The van der Waals surface area contributed by atoms with E-state index >= 15 is 0 Å². The Morgan fingerprint density at radius 1 is 1.42 bits per heavy atom. The molecule has 19 heavy (non-hydrogen) atoms. The molecule has 0 amide bonds. The predicted octanol–water partition coefficient (Wildman–Crippen LogP) is 2.96. The zero-order chi connectivity index (χ0) is 13.4. The van der Waals surface area contributed by atoms with Gasteiger partial charge in [-0.25, -0.2) is 4.98 Å². The number of nitrogens with zero attached hydrogens (tertiary/aromatic N) is 2.